The quantitative estimate of drug-likeness (QED) is 0.636. The van der Waals surface area contributed by atoms with Crippen molar-refractivity contribution in [1.29, 1.82) is 0 Å². The second kappa shape index (κ2) is 6.63. The number of halogens is 2. The van der Waals surface area contributed by atoms with Crippen LogP contribution in [0.5, 0.6) is 0 Å². The van der Waals surface area contributed by atoms with Crippen molar-refractivity contribution >= 4 is 23.2 Å². The molecule has 3 heteroatoms. The standard InChI is InChI=1S/C14H19Cl2N/c15-12-8-6-11(7-9-12)10-17-14-5-3-1-2-4-13(14)16/h6-9,13-14,17H,1-5,10H2. The first-order chi connectivity index (χ1) is 8.25. The van der Waals surface area contributed by atoms with Gasteiger partial charge in [0.15, 0.2) is 0 Å². The van der Waals surface area contributed by atoms with Crippen LogP contribution < -0.4 is 5.32 Å². The van der Waals surface area contributed by atoms with Gasteiger partial charge in [0.25, 0.3) is 0 Å². The lowest BCUT2D eigenvalue weighted by Crippen LogP contribution is -2.35. The highest BCUT2D eigenvalue weighted by molar-refractivity contribution is 6.30. The molecule has 0 amide bonds. The largest absolute Gasteiger partial charge is 0.308 e. The molecule has 1 saturated carbocycles. The molecule has 94 valence electrons. The predicted molar refractivity (Wildman–Crippen MR) is 74.8 cm³/mol. The summed E-state index contributed by atoms with van der Waals surface area (Å²) in [4.78, 5) is 0. The van der Waals surface area contributed by atoms with Crippen LogP contribution in [0.3, 0.4) is 0 Å². The summed E-state index contributed by atoms with van der Waals surface area (Å²) in [6.07, 6.45) is 6.22. The van der Waals surface area contributed by atoms with Gasteiger partial charge in [-0.1, -0.05) is 43.0 Å². The van der Waals surface area contributed by atoms with Crippen LogP contribution in [-0.4, -0.2) is 11.4 Å². The highest BCUT2D eigenvalue weighted by Gasteiger charge is 2.20. The van der Waals surface area contributed by atoms with Gasteiger partial charge in [-0.05, 0) is 30.5 Å². The highest BCUT2D eigenvalue weighted by atomic mass is 35.5. The third kappa shape index (κ3) is 4.17. The molecule has 0 aromatic heterocycles. The van der Waals surface area contributed by atoms with Gasteiger partial charge in [0, 0.05) is 23.0 Å². The second-order valence-corrected chi connectivity index (χ2v) is 5.76. The van der Waals surface area contributed by atoms with Crippen molar-refractivity contribution < 1.29 is 0 Å². The zero-order chi connectivity index (χ0) is 12.1. The molecule has 0 saturated heterocycles. The molecule has 1 N–H and O–H groups in total. The molecule has 0 heterocycles. The summed E-state index contributed by atoms with van der Waals surface area (Å²) >= 11 is 12.3. The zero-order valence-electron chi connectivity index (χ0n) is 9.96. The molecule has 1 nitrogen and oxygen atoms in total. The Morgan fingerprint density at radius 3 is 2.53 bits per heavy atom. The highest BCUT2D eigenvalue weighted by Crippen LogP contribution is 2.22. The van der Waals surface area contributed by atoms with Gasteiger partial charge in [0.05, 0.1) is 0 Å². The average molecular weight is 272 g/mol. The topological polar surface area (TPSA) is 12.0 Å². The van der Waals surface area contributed by atoms with Gasteiger partial charge in [-0.15, -0.1) is 11.6 Å². The summed E-state index contributed by atoms with van der Waals surface area (Å²) in [5.41, 5.74) is 1.27. The van der Waals surface area contributed by atoms with Crippen LogP contribution in [0.15, 0.2) is 24.3 Å². The Labute approximate surface area is 114 Å². The average Bonchev–Trinajstić information content (AvgIpc) is 2.54. The fourth-order valence-electron chi connectivity index (χ4n) is 2.34. The first-order valence-corrected chi connectivity index (χ1v) is 7.19. The van der Waals surface area contributed by atoms with E-state index < -0.39 is 0 Å². The zero-order valence-corrected chi connectivity index (χ0v) is 11.5. The molecule has 0 spiro atoms. The van der Waals surface area contributed by atoms with E-state index in [1.165, 1.54) is 31.2 Å². The molecule has 1 aliphatic rings. The SMILES string of the molecule is Clc1ccc(CNC2CCCCCC2Cl)cc1. The van der Waals surface area contributed by atoms with Crippen LogP contribution in [0.2, 0.25) is 5.02 Å². The van der Waals surface area contributed by atoms with Crippen LogP contribution in [-0.2, 0) is 6.54 Å². The molecule has 1 fully saturated rings. The van der Waals surface area contributed by atoms with E-state index in [1.54, 1.807) is 0 Å². The predicted octanol–water partition coefficient (Wildman–Crippen LogP) is 4.37. The normalized spacial score (nSPS) is 25.5. The minimum Gasteiger partial charge on any atom is -0.308 e. The number of benzene rings is 1. The van der Waals surface area contributed by atoms with Gasteiger partial charge < -0.3 is 5.32 Å². The van der Waals surface area contributed by atoms with Crippen LogP contribution in [0, 0.1) is 0 Å². The van der Waals surface area contributed by atoms with Crippen molar-refractivity contribution in [3.8, 4) is 0 Å². The Kier molecular flexibility index (Phi) is 5.15. The van der Waals surface area contributed by atoms with Crippen LogP contribution in [0.1, 0.15) is 37.7 Å². The lowest BCUT2D eigenvalue weighted by Gasteiger charge is -2.21. The monoisotopic (exact) mass is 271 g/mol. The van der Waals surface area contributed by atoms with E-state index in [9.17, 15) is 0 Å². The number of hydrogen-bond donors (Lipinski definition) is 1. The van der Waals surface area contributed by atoms with Crippen LogP contribution in [0.4, 0.5) is 0 Å². The van der Waals surface area contributed by atoms with Gasteiger partial charge in [-0.25, -0.2) is 0 Å². The van der Waals surface area contributed by atoms with E-state index in [-0.39, 0.29) is 5.38 Å². The lowest BCUT2D eigenvalue weighted by molar-refractivity contribution is 0.465. The molecular formula is C14H19Cl2N. The maximum Gasteiger partial charge on any atom is 0.0489 e. The van der Waals surface area contributed by atoms with Gasteiger partial charge in [-0.2, -0.15) is 0 Å². The third-order valence-electron chi connectivity index (χ3n) is 3.41. The maximum absolute atomic E-state index is 6.39. The third-order valence-corrected chi connectivity index (χ3v) is 4.19. The minimum absolute atomic E-state index is 0.282. The minimum atomic E-state index is 0.282. The fourth-order valence-corrected chi connectivity index (χ4v) is 2.84. The van der Waals surface area contributed by atoms with Crippen molar-refractivity contribution in [2.24, 2.45) is 0 Å². The van der Waals surface area contributed by atoms with Crippen LogP contribution in [0.25, 0.3) is 0 Å². The van der Waals surface area contributed by atoms with Crippen molar-refractivity contribution in [1.82, 2.24) is 5.32 Å². The summed E-state index contributed by atoms with van der Waals surface area (Å²) in [6.45, 7) is 0.880. The van der Waals surface area contributed by atoms with Crippen molar-refractivity contribution in [3.63, 3.8) is 0 Å². The van der Waals surface area contributed by atoms with E-state index in [1.807, 2.05) is 12.1 Å². The number of nitrogens with one attached hydrogen (secondary N) is 1. The molecule has 2 unspecified atom stereocenters. The summed E-state index contributed by atoms with van der Waals surface area (Å²) in [7, 11) is 0. The van der Waals surface area contributed by atoms with E-state index in [4.69, 9.17) is 23.2 Å². The maximum atomic E-state index is 6.39. The Bertz CT molecular complexity index is 337. The van der Waals surface area contributed by atoms with Crippen molar-refractivity contribution in [3.05, 3.63) is 34.9 Å². The Balaban J connectivity index is 1.85. The Morgan fingerprint density at radius 2 is 1.76 bits per heavy atom. The molecule has 2 rings (SSSR count). The van der Waals surface area contributed by atoms with Gasteiger partial charge >= 0.3 is 0 Å². The first kappa shape index (κ1) is 13.2. The van der Waals surface area contributed by atoms with E-state index in [2.05, 4.69) is 17.4 Å². The van der Waals surface area contributed by atoms with Gasteiger partial charge in [0.1, 0.15) is 0 Å². The summed E-state index contributed by atoms with van der Waals surface area (Å²) in [5, 5.41) is 4.64. The Morgan fingerprint density at radius 1 is 1.06 bits per heavy atom. The molecule has 17 heavy (non-hydrogen) atoms. The summed E-state index contributed by atoms with van der Waals surface area (Å²) in [6, 6.07) is 8.45. The number of rotatable bonds is 3. The fraction of sp³-hybridized carbons (Fsp3) is 0.571. The molecule has 2 atom stereocenters. The second-order valence-electron chi connectivity index (χ2n) is 4.77. The Hall–Kier alpha value is -0.240. The van der Waals surface area contributed by atoms with Crippen LogP contribution >= 0.6 is 23.2 Å². The number of hydrogen-bond acceptors (Lipinski definition) is 1. The van der Waals surface area contributed by atoms with Gasteiger partial charge in [0.2, 0.25) is 0 Å². The van der Waals surface area contributed by atoms with E-state index in [0.717, 1.165) is 18.0 Å². The molecule has 1 aliphatic carbocycles. The van der Waals surface area contributed by atoms with Crippen molar-refractivity contribution in [2.75, 3.05) is 0 Å². The molecule has 1 aromatic carbocycles. The first-order valence-electron chi connectivity index (χ1n) is 6.37. The smallest absolute Gasteiger partial charge is 0.0489 e. The van der Waals surface area contributed by atoms with E-state index in [0.29, 0.717) is 6.04 Å². The van der Waals surface area contributed by atoms with Crippen molar-refractivity contribution in [2.45, 2.75) is 50.1 Å². The molecular weight excluding hydrogens is 253 g/mol. The van der Waals surface area contributed by atoms with E-state index >= 15 is 0 Å². The molecule has 0 aliphatic heterocycles. The molecule has 1 aromatic rings. The number of alkyl halides is 1. The summed E-state index contributed by atoms with van der Waals surface area (Å²) in [5.74, 6) is 0. The van der Waals surface area contributed by atoms with Gasteiger partial charge in [-0.3, -0.25) is 0 Å². The molecule has 0 bridgehead atoms. The lowest BCUT2D eigenvalue weighted by atomic mass is 10.1. The molecule has 0 radical (unpaired) electrons. The summed E-state index contributed by atoms with van der Waals surface area (Å²) < 4.78 is 0.